The maximum absolute atomic E-state index is 9.73. The van der Waals surface area contributed by atoms with Crippen molar-refractivity contribution in [3.63, 3.8) is 0 Å². The van der Waals surface area contributed by atoms with Gasteiger partial charge in [0, 0.05) is 6.04 Å². The first-order chi connectivity index (χ1) is 7.65. The lowest BCUT2D eigenvalue weighted by atomic mass is 9.99. The quantitative estimate of drug-likeness (QED) is 0.775. The molecule has 1 unspecified atom stereocenters. The zero-order valence-corrected chi connectivity index (χ0v) is 10.4. The second-order valence-corrected chi connectivity index (χ2v) is 4.51. The van der Waals surface area contributed by atoms with Gasteiger partial charge in [-0.1, -0.05) is 25.5 Å². The molecule has 0 heterocycles. The molecular formula is C14H23NO. The van der Waals surface area contributed by atoms with Gasteiger partial charge in [0.05, 0.1) is 0 Å². The van der Waals surface area contributed by atoms with Crippen molar-refractivity contribution in [2.24, 2.45) is 5.73 Å². The highest BCUT2D eigenvalue weighted by Crippen LogP contribution is 2.22. The van der Waals surface area contributed by atoms with Crippen LogP contribution in [0.1, 0.15) is 43.7 Å². The predicted octanol–water partition coefficient (Wildman–Crippen LogP) is 3.15. The third kappa shape index (κ3) is 3.86. The van der Waals surface area contributed by atoms with Gasteiger partial charge in [-0.2, -0.15) is 0 Å². The van der Waals surface area contributed by atoms with E-state index in [4.69, 9.17) is 5.73 Å². The standard InChI is InChI=1S/C14H23NO/c1-3-6-12(15)8-5-9-13-11(2)7-4-10-14(13)16/h4,7,10,12,16H,3,5-6,8-9,15H2,1-2H3. The van der Waals surface area contributed by atoms with Crippen LogP contribution in [0, 0.1) is 6.92 Å². The molecule has 1 rings (SSSR count). The molecule has 0 bridgehead atoms. The van der Waals surface area contributed by atoms with Crippen LogP contribution in [0.4, 0.5) is 0 Å². The van der Waals surface area contributed by atoms with Gasteiger partial charge in [0.15, 0.2) is 0 Å². The average molecular weight is 221 g/mol. The van der Waals surface area contributed by atoms with Crippen molar-refractivity contribution in [2.75, 3.05) is 0 Å². The first-order valence-electron chi connectivity index (χ1n) is 6.18. The Labute approximate surface area is 98.5 Å². The Morgan fingerprint density at radius 1 is 1.31 bits per heavy atom. The summed E-state index contributed by atoms with van der Waals surface area (Å²) in [4.78, 5) is 0. The highest BCUT2D eigenvalue weighted by molar-refractivity contribution is 5.38. The molecule has 0 radical (unpaired) electrons. The molecule has 0 aliphatic rings. The maximum Gasteiger partial charge on any atom is 0.119 e. The van der Waals surface area contributed by atoms with Crippen molar-refractivity contribution in [1.82, 2.24) is 0 Å². The summed E-state index contributed by atoms with van der Waals surface area (Å²) in [6.07, 6.45) is 5.27. The summed E-state index contributed by atoms with van der Waals surface area (Å²) in [6.45, 7) is 4.20. The van der Waals surface area contributed by atoms with E-state index < -0.39 is 0 Å². The number of aryl methyl sites for hydroxylation is 1. The molecule has 0 aliphatic heterocycles. The highest BCUT2D eigenvalue weighted by Gasteiger charge is 2.06. The number of phenols is 1. The lowest BCUT2D eigenvalue weighted by Gasteiger charge is -2.11. The Hall–Kier alpha value is -1.02. The fraction of sp³-hybridized carbons (Fsp3) is 0.571. The van der Waals surface area contributed by atoms with Crippen molar-refractivity contribution in [3.05, 3.63) is 29.3 Å². The summed E-state index contributed by atoms with van der Waals surface area (Å²) in [5, 5.41) is 9.73. The molecule has 0 aliphatic carbocycles. The summed E-state index contributed by atoms with van der Waals surface area (Å²) in [5.41, 5.74) is 8.21. The van der Waals surface area contributed by atoms with Gasteiger partial charge in [-0.25, -0.2) is 0 Å². The van der Waals surface area contributed by atoms with E-state index in [1.807, 2.05) is 19.1 Å². The minimum atomic E-state index is 0.316. The Kier molecular flexibility index (Phi) is 5.33. The molecule has 90 valence electrons. The molecule has 0 saturated carbocycles. The normalized spacial score (nSPS) is 12.7. The van der Waals surface area contributed by atoms with Crippen molar-refractivity contribution in [1.29, 1.82) is 0 Å². The van der Waals surface area contributed by atoms with Crippen molar-refractivity contribution in [3.8, 4) is 5.75 Å². The van der Waals surface area contributed by atoms with Gasteiger partial charge in [-0.3, -0.25) is 0 Å². The molecule has 1 aromatic carbocycles. The van der Waals surface area contributed by atoms with E-state index in [0.717, 1.165) is 37.7 Å². The topological polar surface area (TPSA) is 46.2 Å². The Balaban J connectivity index is 2.43. The van der Waals surface area contributed by atoms with Crippen molar-refractivity contribution >= 4 is 0 Å². The first-order valence-corrected chi connectivity index (χ1v) is 6.18. The number of hydrogen-bond donors (Lipinski definition) is 2. The van der Waals surface area contributed by atoms with E-state index in [9.17, 15) is 5.11 Å². The minimum Gasteiger partial charge on any atom is -0.508 e. The second kappa shape index (κ2) is 6.54. The van der Waals surface area contributed by atoms with Crippen LogP contribution in [0.15, 0.2) is 18.2 Å². The fourth-order valence-electron chi connectivity index (χ4n) is 2.07. The SMILES string of the molecule is CCCC(N)CCCc1c(C)cccc1O. The molecule has 1 atom stereocenters. The van der Waals surface area contributed by atoms with E-state index in [2.05, 4.69) is 6.92 Å². The van der Waals surface area contributed by atoms with Gasteiger partial charge in [-0.05, 0) is 49.8 Å². The van der Waals surface area contributed by atoms with Crippen LogP contribution in [0.25, 0.3) is 0 Å². The third-order valence-corrected chi connectivity index (χ3v) is 3.05. The summed E-state index contributed by atoms with van der Waals surface area (Å²) in [7, 11) is 0. The van der Waals surface area contributed by atoms with Gasteiger partial charge in [0.25, 0.3) is 0 Å². The van der Waals surface area contributed by atoms with Gasteiger partial charge >= 0.3 is 0 Å². The molecule has 2 heteroatoms. The van der Waals surface area contributed by atoms with Crippen molar-refractivity contribution < 1.29 is 5.11 Å². The molecule has 2 nitrogen and oxygen atoms in total. The van der Waals surface area contributed by atoms with Crippen LogP contribution in [0.2, 0.25) is 0 Å². The largest absolute Gasteiger partial charge is 0.508 e. The van der Waals surface area contributed by atoms with Crippen LogP contribution in [0.5, 0.6) is 5.75 Å². The fourth-order valence-corrected chi connectivity index (χ4v) is 2.07. The summed E-state index contributed by atoms with van der Waals surface area (Å²) in [6, 6.07) is 6.00. The predicted molar refractivity (Wildman–Crippen MR) is 68.7 cm³/mol. The Morgan fingerprint density at radius 2 is 2.06 bits per heavy atom. The van der Waals surface area contributed by atoms with E-state index in [0.29, 0.717) is 11.8 Å². The molecule has 0 amide bonds. The first kappa shape index (κ1) is 13.0. The van der Waals surface area contributed by atoms with Crippen LogP contribution in [-0.2, 0) is 6.42 Å². The number of nitrogens with two attached hydrogens (primary N) is 1. The lowest BCUT2D eigenvalue weighted by Crippen LogP contribution is -2.19. The average Bonchev–Trinajstić information content (AvgIpc) is 2.23. The van der Waals surface area contributed by atoms with Crippen LogP contribution in [-0.4, -0.2) is 11.1 Å². The van der Waals surface area contributed by atoms with Crippen LogP contribution >= 0.6 is 0 Å². The lowest BCUT2D eigenvalue weighted by molar-refractivity contribution is 0.463. The highest BCUT2D eigenvalue weighted by atomic mass is 16.3. The van der Waals surface area contributed by atoms with Gasteiger partial charge in [0.2, 0.25) is 0 Å². The molecule has 3 N–H and O–H groups in total. The smallest absolute Gasteiger partial charge is 0.119 e. The van der Waals surface area contributed by atoms with E-state index in [1.165, 1.54) is 5.56 Å². The van der Waals surface area contributed by atoms with Gasteiger partial charge < -0.3 is 10.8 Å². The Morgan fingerprint density at radius 3 is 2.69 bits per heavy atom. The Bertz CT molecular complexity index is 302. The molecule has 0 spiro atoms. The van der Waals surface area contributed by atoms with Gasteiger partial charge in [0.1, 0.15) is 5.75 Å². The van der Waals surface area contributed by atoms with Gasteiger partial charge in [-0.15, -0.1) is 0 Å². The molecule has 0 fully saturated rings. The molecule has 0 aromatic heterocycles. The molecule has 1 aromatic rings. The van der Waals surface area contributed by atoms with Crippen LogP contribution in [0.3, 0.4) is 0 Å². The summed E-state index contributed by atoms with van der Waals surface area (Å²) >= 11 is 0. The van der Waals surface area contributed by atoms with E-state index >= 15 is 0 Å². The molecular weight excluding hydrogens is 198 g/mol. The summed E-state index contributed by atoms with van der Waals surface area (Å²) in [5.74, 6) is 0.420. The summed E-state index contributed by atoms with van der Waals surface area (Å²) < 4.78 is 0. The maximum atomic E-state index is 9.73. The number of benzene rings is 1. The third-order valence-electron chi connectivity index (χ3n) is 3.05. The number of hydrogen-bond acceptors (Lipinski definition) is 2. The van der Waals surface area contributed by atoms with Crippen molar-refractivity contribution in [2.45, 2.75) is 52.0 Å². The zero-order valence-electron chi connectivity index (χ0n) is 10.4. The zero-order chi connectivity index (χ0) is 12.0. The molecule has 16 heavy (non-hydrogen) atoms. The number of phenolic OH excluding ortho intramolecular Hbond substituents is 1. The van der Waals surface area contributed by atoms with Crippen LogP contribution < -0.4 is 5.73 Å². The number of aromatic hydroxyl groups is 1. The van der Waals surface area contributed by atoms with E-state index in [1.54, 1.807) is 6.07 Å². The molecule has 0 saturated heterocycles. The van der Waals surface area contributed by atoms with E-state index in [-0.39, 0.29) is 0 Å². The minimum absolute atomic E-state index is 0.316. The monoisotopic (exact) mass is 221 g/mol. The second-order valence-electron chi connectivity index (χ2n) is 4.51. The number of rotatable bonds is 6.